The zero-order valence-corrected chi connectivity index (χ0v) is 15.8. The van der Waals surface area contributed by atoms with Crippen molar-refractivity contribution < 1.29 is 4.79 Å². The lowest BCUT2D eigenvalue weighted by Crippen LogP contribution is -2.12. The molecule has 5 rings (SSSR count). The van der Waals surface area contributed by atoms with Gasteiger partial charge in [-0.15, -0.1) is 0 Å². The first-order chi connectivity index (χ1) is 14.2. The molecule has 0 saturated heterocycles. The maximum Gasteiger partial charge on any atom is 0.255 e. The number of carbonyl (C=O) groups excluding carboxylic acids is 1. The van der Waals surface area contributed by atoms with Crippen molar-refractivity contribution in [2.24, 2.45) is 0 Å². The summed E-state index contributed by atoms with van der Waals surface area (Å²) >= 11 is 0. The number of hydrogen-bond acceptors (Lipinski definition) is 3. The van der Waals surface area contributed by atoms with Crippen LogP contribution in [0.25, 0.3) is 33.5 Å². The Morgan fingerprint density at radius 3 is 2.52 bits per heavy atom. The first-order valence-corrected chi connectivity index (χ1v) is 9.40. The van der Waals surface area contributed by atoms with Crippen LogP contribution in [0.1, 0.15) is 15.9 Å². The molecule has 2 aromatic heterocycles. The number of aromatic amines is 1. The van der Waals surface area contributed by atoms with E-state index >= 15 is 0 Å². The zero-order valence-electron chi connectivity index (χ0n) is 15.8. The highest BCUT2D eigenvalue weighted by atomic mass is 16.1. The number of anilines is 1. The highest BCUT2D eigenvalue weighted by molar-refractivity contribution is 6.08. The molecule has 0 radical (unpaired) electrons. The number of aryl methyl sites for hydroxylation is 1. The SMILES string of the molecule is Cc1ccc(C(=O)Nc2cccc3ccc(-c4nc5ccccc5[nH]4)nc23)cc1. The fourth-order valence-electron chi connectivity index (χ4n) is 3.35. The summed E-state index contributed by atoms with van der Waals surface area (Å²) in [5.74, 6) is 0.543. The van der Waals surface area contributed by atoms with E-state index in [0.717, 1.165) is 33.2 Å². The van der Waals surface area contributed by atoms with E-state index in [4.69, 9.17) is 4.98 Å². The van der Waals surface area contributed by atoms with Gasteiger partial charge in [-0.2, -0.15) is 0 Å². The van der Waals surface area contributed by atoms with Gasteiger partial charge in [0.25, 0.3) is 5.91 Å². The number of amides is 1. The quantitative estimate of drug-likeness (QED) is 0.445. The van der Waals surface area contributed by atoms with Crippen LogP contribution >= 0.6 is 0 Å². The standard InChI is InChI=1S/C24H18N4O/c1-15-9-11-17(12-10-15)24(29)28-20-8-4-5-16-13-14-21(25-22(16)20)23-26-18-6-2-3-7-19(18)27-23/h2-14H,1H3,(H,26,27)(H,28,29). The highest BCUT2D eigenvalue weighted by Crippen LogP contribution is 2.26. The summed E-state index contributed by atoms with van der Waals surface area (Å²) in [6, 6.07) is 25.1. The molecule has 0 unspecified atom stereocenters. The lowest BCUT2D eigenvalue weighted by atomic mass is 10.1. The van der Waals surface area contributed by atoms with Gasteiger partial charge in [-0.3, -0.25) is 4.79 Å². The molecule has 5 nitrogen and oxygen atoms in total. The predicted octanol–water partition coefficient (Wildman–Crippen LogP) is 5.34. The average molecular weight is 378 g/mol. The highest BCUT2D eigenvalue weighted by Gasteiger charge is 2.12. The van der Waals surface area contributed by atoms with Crippen molar-refractivity contribution in [1.29, 1.82) is 0 Å². The number of benzene rings is 3. The van der Waals surface area contributed by atoms with Crippen LogP contribution in [-0.2, 0) is 0 Å². The molecule has 5 heteroatoms. The third kappa shape index (κ3) is 3.23. The number of nitrogens with one attached hydrogen (secondary N) is 2. The van der Waals surface area contributed by atoms with E-state index < -0.39 is 0 Å². The number of para-hydroxylation sites is 3. The normalized spacial score (nSPS) is 11.1. The molecule has 0 atom stereocenters. The second-order valence-electron chi connectivity index (χ2n) is 7.00. The predicted molar refractivity (Wildman–Crippen MR) is 116 cm³/mol. The van der Waals surface area contributed by atoms with Gasteiger partial charge in [0.2, 0.25) is 0 Å². The number of nitrogens with zero attached hydrogens (tertiary/aromatic N) is 2. The summed E-state index contributed by atoms with van der Waals surface area (Å²) in [6.07, 6.45) is 0. The summed E-state index contributed by atoms with van der Waals surface area (Å²) < 4.78 is 0. The van der Waals surface area contributed by atoms with Crippen molar-refractivity contribution >= 4 is 33.5 Å². The number of fused-ring (bicyclic) bond motifs is 2. The Labute approximate surface area is 167 Å². The van der Waals surface area contributed by atoms with Crippen LogP contribution in [0.3, 0.4) is 0 Å². The van der Waals surface area contributed by atoms with Gasteiger partial charge in [-0.05, 0) is 43.3 Å². The molecule has 3 aromatic carbocycles. The number of carbonyl (C=O) groups is 1. The summed E-state index contributed by atoms with van der Waals surface area (Å²) in [6.45, 7) is 2.00. The van der Waals surface area contributed by atoms with Crippen molar-refractivity contribution in [3.05, 3.63) is 90.0 Å². The first-order valence-electron chi connectivity index (χ1n) is 9.40. The van der Waals surface area contributed by atoms with E-state index in [1.807, 2.05) is 85.8 Å². The van der Waals surface area contributed by atoms with Gasteiger partial charge in [0.15, 0.2) is 5.82 Å². The minimum atomic E-state index is -0.159. The van der Waals surface area contributed by atoms with E-state index in [1.54, 1.807) is 0 Å². The van der Waals surface area contributed by atoms with Crippen molar-refractivity contribution in [1.82, 2.24) is 15.0 Å². The van der Waals surface area contributed by atoms with Gasteiger partial charge in [-0.1, -0.05) is 48.0 Å². The van der Waals surface area contributed by atoms with E-state index in [2.05, 4.69) is 15.3 Å². The van der Waals surface area contributed by atoms with Crippen molar-refractivity contribution in [3.63, 3.8) is 0 Å². The Hall–Kier alpha value is -3.99. The third-order valence-electron chi connectivity index (χ3n) is 4.91. The number of aromatic nitrogens is 3. The molecule has 0 bridgehead atoms. The molecule has 5 aromatic rings. The van der Waals surface area contributed by atoms with Gasteiger partial charge in [0.1, 0.15) is 5.69 Å². The maximum absolute atomic E-state index is 12.7. The summed E-state index contributed by atoms with van der Waals surface area (Å²) in [5.41, 5.74) is 5.71. The Kier molecular flexibility index (Phi) is 4.06. The van der Waals surface area contributed by atoms with Crippen LogP contribution in [0.5, 0.6) is 0 Å². The van der Waals surface area contributed by atoms with Crippen LogP contribution in [0.2, 0.25) is 0 Å². The zero-order chi connectivity index (χ0) is 19.8. The summed E-state index contributed by atoms with van der Waals surface area (Å²) in [5, 5.41) is 3.94. The topological polar surface area (TPSA) is 70.7 Å². The van der Waals surface area contributed by atoms with E-state index in [-0.39, 0.29) is 5.91 Å². The van der Waals surface area contributed by atoms with Crippen molar-refractivity contribution in [2.45, 2.75) is 6.92 Å². The molecule has 0 saturated carbocycles. The molecule has 2 heterocycles. The molecule has 1 amide bonds. The first kappa shape index (κ1) is 17.1. The fraction of sp³-hybridized carbons (Fsp3) is 0.0417. The van der Waals surface area contributed by atoms with Crippen LogP contribution in [0.15, 0.2) is 78.9 Å². The number of imidazole rings is 1. The Morgan fingerprint density at radius 1 is 0.862 bits per heavy atom. The van der Waals surface area contributed by atoms with Gasteiger partial charge in [-0.25, -0.2) is 9.97 Å². The smallest absolute Gasteiger partial charge is 0.255 e. The van der Waals surface area contributed by atoms with E-state index in [9.17, 15) is 4.79 Å². The Morgan fingerprint density at radius 2 is 1.69 bits per heavy atom. The minimum Gasteiger partial charge on any atom is -0.337 e. The van der Waals surface area contributed by atoms with Crippen LogP contribution in [-0.4, -0.2) is 20.9 Å². The third-order valence-corrected chi connectivity index (χ3v) is 4.91. The molecule has 29 heavy (non-hydrogen) atoms. The Balaban J connectivity index is 1.54. The van der Waals surface area contributed by atoms with Crippen molar-refractivity contribution in [3.8, 4) is 11.5 Å². The number of rotatable bonds is 3. The van der Waals surface area contributed by atoms with Crippen LogP contribution in [0, 0.1) is 6.92 Å². The molecular formula is C24H18N4O. The maximum atomic E-state index is 12.7. The summed E-state index contributed by atoms with van der Waals surface area (Å²) in [7, 11) is 0. The number of hydrogen-bond donors (Lipinski definition) is 2. The van der Waals surface area contributed by atoms with Crippen LogP contribution in [0.4, 0.5) is 5.69 Å². The van der Waals surface area contributed by atoms with Gasteiger partial charge < -0.3 is 10.3 Å². The van der Waals surface area contributed by atoms with Gasteiger partial charge in [0.05, 0.1) is 22.2 Å². The minimum absolute atomic E-state index is 0.159. The van der Waals surface area contributed by atoms with E-state index in [0.29, 0.717) is 17.1 Å². The number of H-pyrrole nitrogens is 1. The molecular weight excluding hydrogens is 360 g/mol. The summed E-state index contributed by atoms with van der Waals surface area (Å²) in [4.78, 5) is 25.4. The molecule has 2 N–H and O–H groups in total. The van der Waals surface area contributed by atoms with Gasteiger partial charge >= 0.3 is 0 Å². The monoisotopic (exact) mass is 378 g/mol. The van der Waals surface area contributed by atoms with Crippen molar-refractivity contribution in [2.75, 3.05) is 5.32 Å². The molecule has 0 aliphatic rings. The fourth-order valence-corrected chi connectivity index (χ4v) is 3.35. The molecule has 0 aliphatic heterocycles. The second kappa shape index (κ2) is 6.87. The van der Waals surface area contributed by atoms with Gasteiger partial charge in [0, 0.05) is 10.9 Å². The Bertz CT molecular complexity index is 1320. The lowest BCUT2D eigenvalue weighted by molar-refractivity contribution is 0.102. The molecule has 0 spiro atoms. The van der Waals surface area contributed by atoms with Crippen LogP contribution < -0.4 is 5.32 Å². The average Bonchev–Trinajstić information content (AvgIpc) is 3.18. The molecule has 0 fully saturated rings. The molecule has 140 valence electrons. The number of pyridine rings is 1. The van der Waals surface area contributed by atoms with E-state index in [1.165, 1.54) is 0 Å². The largest absolute Gasteiger partial charge is 0.337 e. The lowest BCUT2D eigenvalue weighted by Gasteiger charge is -2.09. The molecule has 0 aliphatic carbocycles. The second-order valence-corrected chi connectivity index (χ2v) is 7.00.